The van der Waals surface area contributed by atoms with Crippen LogP contribution in [-0.4, -0.2) is 84.6 Å². The van der Waals surface area contributed by atoms with Gasteiger partial charge in [0.05, 0.1) is 45.0 Å². The Bertz CT molecular complexity index is 3070. The maximum absolute atomic E-state index is 16.9. The zero-order chi connectivity index (χ0) is 51.1. The third kappa shape index (κ3) is 8.45. The van der Waals surface area contributed by atoms with Crippen LogP contribution in [0.15, 0.2) is 127 Å². The maximum Gasteiger partial charge on any atom is 0.329 e. The summed E-state index contributed by atoms with van der Waals surface area (Å²) in [4.78, 5) is 82.2. The summed E-state index contributed by atoms with van der Waals surface area (Å²) in [5.74, 6) is 2.94. The lowest BCUT2D eigenvalue weighted by molar-refractivity contribution is -0.179. The van der Waals surface area contributed by atoms with Crippen LogP contribution in [0.2, 0.25) is 0 Å². The first-order valence-electron chi connectivity index (χ1n) is 24.9. The van der Waals surface area contributed by atoms with Crippen LogP contribution in [-0.2, 0) is 47.0 Å². The van der Waals surface area contributed by atoms with Crippen molar-refractivity contribution in [1.29, 1.82) is 0 Å². The van der Waals surface area contributed by atoms with Gasteiger partial charge in [-0.2, -0.15) is 0 Å². The monoisotopic (exact) mass is 982 g/mol. The molecule has 7 atom stereocenters. The second kappa shape index (κ2) is 20.0. The third-order valence-electron chi connectivity index (χ3n) is 15.2. The Morgan fingerprint density at radius 1 is 0.781 bits per heavy atom. The molecule has 73 heavy (non-hydrogen) atoms. The van der Waals surface area contributed by atoms with E-state index in [1.165, 1.54) is 19.2 Å². The number of phenols is 1. The van der Waals surface area contributed by atoms with Crippen LogP contribution in [0.4, 0.5) is 10.5 Å². The highest BCUT2D eigenvalue weighted by atomic mass is 16.6. The number of carbonyl (C=O) groups is 5. The van der Waals surface area contributed by atoms with Crippen molar-refractivity contribution in [1.82, 2.24) is 15.1 Å². The highest BCUT2D eigenvalue weighted by molar-refractivity contribution is 6.25. The molecule has 0 bridgehead atoms. The number of fused-ring (bicyclic) bond motifs is 4. The molecule has 2 N–H and O–H groups in total. The number of nitrogens with one attached hydrogen (secondary N) is 1. The van der Waals surface area contributed by atoms with E-state index in [0.29, 0.717) is 40.2 Å². The standard InChI is InChI=1S/C59H58N4O10/c1-35(2)49(55(66)72-5)60-58(69)62-45-28-23-37(22-21-36-15-9-6-10-16-36)31-44(45)59(57(62)68)48(54(65)61-30-29-41-32-46(70-3)47(71-4)33-42(41)34-61)51-56(67)73-52(39-19-13-8-14-20-39)50(38-17-11-7-12-18-38)63(51)53(59)40-24-26-43(64)27-25-40/h7-8,11-15,17-20,23-28,31-33,35,48-53,64H,6,9-10,16,29-30,34H2,1-5H3,(H,60,69). The van der Waals surface area contributed by atoms with Gasteiger partial charge in [0, 0.05) is 18.7 Å². The number of imide groups is 1. The summed E-state index contributed by atoms with van der Waals surface area (Å²) in [7, 11) is 4.34. The lowest BCUT2D eigenvalue weighted by Gasteiger charge is -2.46. The van der Waals surface area contributed by atoms with E-state index in [1.807, 2.05) is 77.7 Å². The minimum atomic E-state index is -2.08. The summed E-state index contributed by atoms with van der Waals surface area (Å²) >= 11 is 0. The Hall–Kier alpha value is -7.89. The molecule has 14 nitrogen and oxygen atoms in total. The van der Waals surface area contributed by atoms with Gasteiger partial charge in [-0.1, -0.05) is 105 Å². The van der Waals surface area contributed by atoms with Gasteiger partial charge in [-0.25, -0.2) is 14.5 Å². The van der Waals surface area contributed by atoms with Crippen molar-refractivity contribution in [3.8, 4) is 29.1 Å². The fraction of sp³-hybridized carbons (Fsp3) is 0.339. The van der Waals surface area contributed by atoms with E-state index >= 15 is 19.2 Å². The smallest absolute Gasteiger partial charge is 0.329 e. The number of carbonyl (C=O) groups excluding carboxylic acids is 5. The van der Waals surface area contributed by atoms with Crippen LogP contribution < -0.4 is 19.7 Å². The Labute approximate surface area is 424 Å². The average molecular weight is 983 g/mol. The number of methoxy groups -OCH3 is 3. The zero-order valence-corrected chi connectivity index (χ0v) is 41.5. The molecule has 0 saturated carbocycles. The van der Waals surface area contributed by atoms with E-state index < -0.39 is 77.3 Å². The Balaban J connectivity index is 1.26. The van der Waals surface area contributed by atoms with Gasteiger partial charge >= 0.3 is 18.0 Å². The minimum absolute atomic E-state index is 0.0462. The van der Waals surface area contributed by atoms with Gasteiger partial charge in [-0.15, -0.1) is 0 Å². The normalized spacial score (nSPS) is 23.5. The largest absolute Gasteiger partial charge is 0.508 e. The van der Waals surface area contributed by atoms with Gasteiger partial charge in [0.15, 0.2) is 11.5 Å². The highest BCUT2D eigenvalue weighted by Gasteiger charge is 2.76. The number of esters is 2. The van der Waals surface area contributed by atoms with Crippen LogP contribution in [0.1, 0.15) is 96.7 Å². The number of hydrogen-bond donors (Lipinski definition) is 2. The number of phenolic OH excluding ortho intramolecular Hbond substituents is 1. The van der Waals surface area contributed by atoms with Gasteiger partial charge in [0.25, 0.3) is 0 Å². The fourth-order valence-corrected chi connectivity index (χ4v) is 11.8. The number of urea groups is 1. The molecular formula is C59H58N4O10. The maximum atomic E-state index is 16.9. The number of hydrogen-bond acceptors (Lipinski definition) is 11. The number of morpholine rings is 1. The Morgan fingerprint density at radius 3 is 2.11 bits per heavy atom. The molecule has 5 aromatic carbocycles. The zero-order valence-electron chi connectivity index (χ0n) is 41.5. The van der Waals surface area contributed by atoms with Crippen LogP contribution in [0.3, 0.4) is 0 Å². The fourth-order valence-electron chi connectivity index (χ4n) is 11.8. The van der Waals surface area contributed by atoms with Crippen molar-refractivity contribution in [2.45, 2.75) is 88.2 Å². The number of aromatic hydroxyl groups is 1. The van der Waals surface area contributed by atoms with Gasteiger partial charge in [-0.05, 0) is 119 Å². The SMILES string of the molecule is COC(=O)C(NC(=O)N1C(=O)C2(c3cc(C#CC4=CCCCC4)ccc31)C(C(=O)N1CCc3cc(OC)c(OC)cc3C1)C1C(=O)OC(c3ccccc3)C(c3ccccc3)N1C2c1ccc(O)cc1)C(C)C. The molecule has 14 heteroatoms. The van der Waals surface area contributed by atoms with Crippen molar-refractivity contribution in [2.75, 3.05) is 32.8 Å². The molecule has 1 aliphatic carbocycles. The lowest BCUT2D eigenvalue weighted by Crippen LogP contribution is -2.58. The molecule has 5 aromatic rings. The van der Waals surface area contributed by atoms with Gasteiger partial charge < -0.3 is 34.3 Å². The summed E-state index contributed by atoms with van der Waals surface area (Å²) in [5, 5.41) is 13.7. The molecule has 4 heterocycles. The Morgan fingerprint density at radius 2 is 1.47 bits per heavy atom. The van der Waals surface area contributed by atoms with Crippen molar-refractivity contribution >= 4 is 35.5 Å². The Kier molecular flexibility index (Phi) is 13.3. The number of rotatable bonds is 9. The lowest BCUT2D eigenvalue weighted by atomic mass is 9.64. The molecule has 1 spiro atoms. The molecule has 374 valence electrons. The molecule has 0 aromatic heterocycles. The summed E-state index contributed by atoms with van der Waals surface area (Å²) < 4.78 is 23.2. The highest BCUT2D eigenvalue weighted by Crippen LogP contribution is 2.66. The number of amides is 4. The van der Waals surface area contributed by atoms with Crippen molar-refractivity contribution < 1.29 is 48.0 Å². The van der Waals surface area contributed by atoms with E-state index in [1.54, 1.807) is 63.3 Å². The summed E-state index contributed by atoms with van der Waals surface area (Å²) in [6, 6.07) is 28.8. The topological polar surface area (TPSA) is 164 Å². The van der Waals surface area contributed by atoms with E-state index in [9.17, 15) is 9.90 Å². The number of ether oxygens (including phenoxy) is 4. The van der Waals surface area contributed by atoms with Gasteiger partial charge in [0.2, 0.25) is 11.8 Å². The molecule has 2 saturated heterocycles. The van der Waals surface area contributed by atoms with E-state index in [0.717, 1.165) is 52.8 Å². The van der Waals surface area contributed by atoms with E-state index in [4.69, 9.17) is 18.9 Å². The second-order valence-electron chi connectivity index (χ2n) is 19.6. The predicted molar refractivity (Wildman–Crippen MR) is 271 cm³/mol. The first-order chi connectivity index (χ1) is 35.4. The van der Waals surface area contributed by atoms with Crippen molar-refractivity contribution in [2.24, 2.45) is 11.8 Å². The molecule has 2 fully saturated rings. The molecule has 0 radical (unpaired) electrons. The minimum Gasteiger partial charge on any atom is -0.508 e. The predicted octanol–water partition coefficient (Wildman–Crippen LogP) is 8.42. The average Bonchev–Trinajstić information content (AvgIpc) is 3.87. The van der Waals surface area contributed by atoms with Crippen molar-refractivity contribution in [3.05, 3.63) is 166 Å². The molecule has 5 aliphatic rings. The number of cyclic esters (lactones) is 1. The first kappa shape index (κ1) is 48.7. The van der Waals surface area contributed by atoms with Crippen LogP contribution in [0, 0.1) is 23.7 Å². The van der Waals surface area contributed by atoms with Crippen LogP contribution in [0.5, 0.6) is 17.2 Å². The van der Waals surface area contributed by atoms with Crippen molar-refractivity contribution in [3.63, 3.8) is 0 Å². The van der Waals surface area contributed by atoms with Gasteiger partial charge in [-0.3, -0.25) is 19.3 Å². The van der Waals surface area contributed by atoms with Crippen LogP contribution in [0.25, 0.3) is 0 Å². The number of allylic oxidation sites excluding steroid dienone is 2. The number of benzene rings is 5. The third-order valence-corrected chi connectivity index (χ3v) is 15.2. The van der Waals surface area contributed by atoms with E-state index in [-0.39, 0.29) is 24.5 Å². The first-order valence-corrected chi connectivity index (χ1v) is 24.9. The van der Waals surface area contributed by atoms with Crippen LogP contribution >= 0.6 is 0 Å². The quantitative estimate of drug-likeness (QED) is 0.108. The second-order valence-corrected chi connectivity index (χ2v) is 19.6. The van der Waals surface area contributed by atoms with Gasteiger partial charge in [0.1, 0.15) is 29.4 Å². The number of nitrogens with zero attached hydrogens (tertiary/aromatic N) is 3. The summed E-state index contributed by atoms with van der Waals surface area (Å²) in [6.45, 7) is 3.82. The molecule has 7 unspecified atom stereocenters. The summed E-state index contributed by atoms with van der Waals surface area (Å²) in [5.41, 5.74) is 3.54. The van der Waals surface area contributed by atoms with E-state index in [2.05, 4.69) is 23.2 Å². The summed E-state index contributed by atoms with van der Waals surface area (Å²) in [6.07, 6.45) is 5.44. The molecule has 4 aliphatic heterocycles. The molecule has 4 amide bonds. The molecule has 10 rings (SSSR count). The number of anilines is 1. The molecular weight excluding hydrogens is 925 g/mol.